The third-order valence-electron chi connectivity index (χ3n) is 2.52. The van der Waals surface area contributed by atoms with E-state index in [-0.39, 0.29) is 0 Å². The molecule has 1 atom stereocenters. The summed E-state index contributed by atoms with van der Waals surface area (Å²) in [6.45, 7) is 4.26. The quantitative estimate of drug-likeness (QED) is 0.664. The standard InChI is InChI=1S/C10H12N4/c1-8-2-3-14(7-8)10-4-9(5-11)6-12-13-10/h4,6,8H,2-3,7H2,1H3. The zero-order valence-corrected chi connectivity index (χ0v) is 8.14. The maximum absolute atomic E-state index is 8.72. The van der Waals surface area contributed by atoms with Gasteiger partial charge < -0.3 is 4.90 Å². The van der Waals surface area contributed by atoms with Gasteiger partial charge in [-0.25, -0.2) is 0 Å². The second kappa shape index (κ2) is 3.62. The fraction of sp³-hybridized carbons (Fsp3) is 0.500. The van der Waals surface area contributed by atoms with E-state index in [9.17, 15) is 0 Å². The summed E-state index contributed by atoms with van der Waals surface area (Å²) in [5.74, 6) is 1.54. The minimum Gasteiger partial charge on any atom is -0.355 e. The second-order valence-electron chi connectivity index (χ2n) is 3.75. The predicted molar refractivity (Wildman–Crippen MR) is 52.7 cm³/mol. The summed E-state index contributed by atoms with van der Waals surface area (Å²) >= 11 is 0. The van der Waals surface area contributed by atoms with Gasteiger partial charge in [0.05, 0.1) is 11.8 Å². The highest BCUT2D eigenvalue weighted by atomic mass is 15.3. The van der Waals surface area contributed by atoms with Crippen LogP contribution in [0.2, 0.25) is 0 Å². The molecule has 1 unspecified atom stereocenters. The molecular weight excluding hydrogens is 176 g/mol. The van der Waals surface area contributed by atoms with Gasteiger partial charge in [0.2, 0.25) is 0 Å². The van der Waals surface area contributed by atoms with Gasteiger partial charge in [0.1, 0.15) is 6.07 Å². The van der Waals surface area contributed by atoms with Crippen LogP contribution < -0.4 is 4.90 Å². The number of hydrogen-bond donors (Lipinski definition) is 0. The van der Waals surface area contributed by atoms with Gasteiger partial charge in [0.15, 0.2) is 5.82 Å². The van der Waals surface area contributed by atoms with Crippen molar-refractivity contribution in [1.82, 2.24) is 10.2 Å². The molecule has 0 bridgehead atoms. The van der Waals surface area contributed by atoms with Crippen molar-refractivity contribution in [2.45, 2.75) is 13.3 Å². The van der Waals surface area contributed by atoms with E-state index in [0.717, 1.165) is 18.9 Å². The molecule has 72 valence electrons. The maximum Gasteiger partial charge on any atom is 0.152 e. The van der Waals surface area contributed by atoms with Crippen molar-refractivity contribution < 1.29 is 0 Å². The minimum atomic E-state index is 0.578. The lowest BCUT2D eigenvalue weighted by atomic mass is 10.2. The van der Waals surface area contributed by atoms with Gasteiger partial charge in [-0.2, -0.15) is 10.4 Å². The van der Waals surface area contributed by atoms with Crippen LogP contribution in [-0.4, -0.2) is 23.3 Å². The Morgan fingerprint density at radius 3 is 3.14 bits per heavy atom. The van der Waals surface area contributed by atoms with Crippen molar-refractivity contribution in [3.8, 4) is 6.07 Å². The van der Waals surface area contributed by atoms with E-state index in [1.807, 2.05) is 0 Å². The molecule has 0 N–H and O–H groups in total. The molecule has 2 heterocycles. The Labute approximate surface area is 83.2 Å². The third-order valence-corrected chi connectivity index (χ3v) is 2.52. The second-order valence-corrected chi connectivity index (χ2v) is 3.75. The Bertz CT molecular complexity index is 369. The summed E-state index contributed by atoms with van der Waals surface area (Å²) in [7, 11) is 0. The van der Waals surface area contributed by atoms with Gasteiger partial charge in [0, 0.05) is 19.2 Å². The molecule has 1 fully saturated rings. The van der Waals surface area contributed by atoms with E-state index in [4.69, 9.17) is 5.26 Å². The highest BCUT2D eigenvalue weighted by molar-refractivity contribution is 5.43. The lowest BCUT2D eigenvalue weighted by Crippen LogP contribution is -2.20. The van der Waals surface area contributed by atoms with Crippen LogP contribution in [0.15, 0.2) is 12.3 Å². The fourth-order valence-corrected chi connectivity index (χ4v) is 1.71. The molecule has 1 aliphatic heterocycles. The highest BCUT2D eigenvalue weighted by Crippen LogP contribution is 2.21. The van der Waals surface area contributed by atoms with Gasteiger partial charge in [-0.15, -0.1) is 5.10 Å². The van der Waals surface area contributed by atoms with Crippen LogP contribution in [0.5, 0.6) is 0 Å². The Morgan fingerprint density at radius 1 is 1.64 bits per heavy atom. The van der Waals surface area contributed by atoms with Crippen LogP contribution in [0.3, 0.4) is 0 Å². The van der Waals surface area contributed by atoms with E-state index in [0.29, 0.717) is 11.5 Å². The molecule has 14 heavy (non-hydrogen) atoms. The van der Waals surface area contributed by atoms with Crippen molar-refractivity contribution in [2.75, 3.05) is 18.0 Å². The molecule has 0 spiro atoms. The molecule has 1 aromatic rings. The molecule has 4 nitrogen and oxygen atoms in total. The monoisotopic (exact) mass is 188 g/mol. The summed E-state index contributed by atoms with van der Waals surface area (Å²) in [6.07, 6.45) is 2.68. The molecule has 0 radical (unpaired) electrons. The molecule has 0 aliphatic carbocycles. The van der Waals surface area contributed by atoms with E-state index < -0.39 is 0 Å². The van der Waals surface area contributed by atoms with Crippen LogP contribution in [-0.2, 0) is 0 Å². The van der Waals surface area contributed by atoms with E-state index >= 15 is 0 Å². The highest BCUT2D eigenvalue weighted by Gasteiger charge is 2.20. The first-order chi connectivity index (χ1) is 6.79. The summed E-state index contributed by atoms with van der Waals surface area (Å²) in [6, 6.07) is 3.87. The summed E-state index contributed by atoms with van der Waals surface area (Å²) in [4.78, 5) is 2.18. The molecule has 1 aromatic heterocycles. The zero-order valence-electron chi connectivity index (χ0n) is 8.14. The average Bonchev–Trinajstić information content (AvgIpc) is 2.65. The van der Waals surface area contributed by atoms with Crippen LogP contribution in [0.1, 0.15) is 18.9 Å². The summed E-state index contributed by atoms with van der Waals surface area (Å²) in [5, 5.41) is 16.6. The van der Waals surface area contributed by atoms with Crippen molar-refractivity contribution in [3.63, 3.8) is 0 Å². The molecule has 2 rings (SSSR count). The van der Waals surface area contributed by atoms with Gasteiger partial charge in [-0.1, -0.05) is 6.92 Å². The predicted octanol–water partition coefficient (Wildman–Crippen LogP) is 1.19. The van der Waals surface area contributed by atoms with E-state index in [1.54, 1.807) is 6.07 Å². The Balaban J connectivity index is 2.20. The average molecular weight is 188 g/mol. The van der Waals surface area contributed by atoms with Crippen LogP contribution in [0.25, 0.3) is 0 Å². The first kappa shape index (κ1) is 8.95. The van der Waals surface area contributed by atoms with E-state index in [2.05, 4.69) is 28.1 Å². The molecule has 4 heteroatoms. The summed E-state index contributed by atoms with van der Waals surface area (Å²) in [5.41, 5.74) is 0.578. The van der Waals surface area contributed by atoms with Crippen molar-refractivity contribution in [2.24, 2.45) is 5.92 Å². The minimum absolute atomic E-state index is 0.578. The van der Waals surface area contributed by atoms with Gasteiger partial charge in [-0.3, -0.25) is 0 Å². The number of nitriles is 1. The third kappa shape index (κ3) is 1.67. The van der Waals surface area contributed by atoms with Crippen LogP contribution in [0.4, 0.5) is 5.82 Å². The lowest BCUT2D eigenvalue weighted by molar-refractivity contribution is 0.658. The Kier molecular flexibility index (Phi) is 2.32. The van der Waals surface area contributed by atoms with Crippen molar-refractivity contribution in [3.05, 3.63) is 17.8 Å². The summed E-state index contributed by atoms with van der Waals surface area (Å²) < 4.78 is 0. The first-order valence-corrected chi connectivity index (χ1v) is 4.77. The van der Waals surface area contributed by atoms with Crippen molar-refractivity contribution >= 4 is 5.82 Å². The molecule has 0 aromatic carbocycles. The zero-order chi connectivity index (χ0) is 9.97. The molecule has 0 saturated carbocycles. The number of aromatic nitrogens is 2. The molecule has 1 saturated heterocycles. The van der Waals surface area contributed by atoms with Gasteiger partial charge >= 0.3 is 0 Å². The lowest BCUT2D eigenvalue weighted by Gasteiger charge is -2.15. The Morgan fingerprint density at radius 2 is 2.50 bits per heavy atom. The van der Waals surface area contributed by atoms with Crippen LogP contribution >= 0.6 is 0 Å². The smallest absolute Gasteiger partial charge is 0.152 e. The van der Waals surface area contributed by atoms with E-state index in [1.165, 1.54) is 12.6 Å². The fourth-order valence-electron chi connectivity index (χ4n) is 1.71. The largest absolute Gasteiger partial charge is 0.355 e. The Hall–Kier alpha value is -1.63. The van der Waals surface area contributed by atoms with Crippen molar-refractivity contribution in [1.29, 1.82) is 5.26 Å². The maximum atomic E-state index is 8.72. The topological polar surface area (TPSA) is 52.8 Å². The first-order valence-electron chi connectivity index (χ1n) is 4.77. The number of rotatable bonds is 1. The van der Waals surface area contributed by atoms with Gasteiger partial charge in [-0.05, 0) is 12.3 Å². The van der Waals surface area contributed by atoms with Crippen LogP contribution in [0, 0.1) is 17.2 Å². The molecule has 0 amide bonds. The van der Waals surface area contributed by atoms with Gasteiger partial charge in [0.25, 0.3) is 0 Å². The number of nitrogens with zero attached hydrogens (tertiary/aromatic N) is 4. The SMILES string of the molecule is CC1CCN(c2cc(C#N)cnn2)C1. The normalized spacial score (nSPS) is 20.9. The molecular formula is C10H12N4. The number of anilines is 1. The molecule has 1 aliphatic rings. The number of hydrogen-bond acceptors (Lipinski definition) is 4.